The minimum atomic E-state index is -4.81. The maximum Gasteiger partial charge on any atom is 0.423 e. The number of rotatable bonds is 6. The van der Waals surface area contributed by atoms with Gasteiger partial charge in [-0.2, -0.15) is 18.3 Å². The number of halogens is 3. The van der Waals surface area contributed by atoms with Crippen LogP contribution >= 0.6 is 0 Å². The van der Waals surface area contributed by atoms with Crippen LogP contribution in [0.2, 0.25) is 0 Å². The van der Waals surface area contributed by atoms with E-state index in [0.29, 0.717) is 19.4 Å². The van der Waals surface area contributed by atoms with Crippen LogP contribution in [0.5, 0.6) is 0 Å². The molecule has 1 aliphatic heterocycles. The van der Waals surface area contributed by atoms with E-state index in [1.165, 1.54) is 4.90 Å². The van der Waals surface area contributed by atoms with E-state index in [4.69, 9.17) is 9.84 Å². The zero-order chi connectivity index (χ0) is 17.9. The van der Waals surface area contributed by atoms with Crippen molar-refractivity contribution in [3.63, 3.8) is 0 Å². The number of H-pyrrole nitrogens is 1. The van der Waals surface area contributed by atoms with E-state index in [1.807, 2.05) is 0 Å². The minimum absolute atomic E-state index is 0.0328. The van der Waals surface area contributed by atoms with Gasteiger partial charge in [0.25, 0.3) is 5.56 Å². The van der Waals surface area contributed by atoms with Crippen molar-refractivity contribution in [1.29, 1.82) is 0 Å². The quantitative estimate of drug-likeness (QED) is 0.811. The fourth-order valence-corrected chi connectivity index (χ4v) is 2.80. The molecule has 134 valence electrons. The molecule has 0 amide bonds. The molecule has 1 aliphatic rings. The molecule has 0 aliphatic carbocycles. The lowest BCUT2D eigenvalue weighted by atomic mass is 10.2. The Morgan fingerprint density at radius 2 is 2.29 bits per heavy atom. The molecule has 2 rings (SSSR count). The minimum Gasteiger partial charge on any atom is -0.479 e. The topological polar surface area (TPSA) is 95.5 Å². The van der Waals surface area contributed by atoms with E-state index in [0.717, 1.165) is 6.20 Å². The Labute approximate surface area is 135 Å². The molecule has 2 atom stereocenters. The molecule has 0 radical (unpaired) electrons. The lowest BCUT2D eigenvalue weighted by Crippen LogP contribution is -2.38. The summed E-state index contributed by atoms with van der Waals surface area (Å²) in [6, 6.07) is -0.442. The number of nitrogens with one attached hydrogen (secondary N) is 1. The number of carboxylic acid groups (broad SMARTS) is 1. The van der Waals surface area contributed by atoms with Gasteiger partial charge in [-0.3, -0.25) is 4.79 Å². The summed E-state index contributed by atoms with van der Waals surface area (Å²) in [5, 5.41) is 14.2. The van der Waals surface area contributed by atoms with Crippen LogP contribution in [0, 0.1) is 0 Å². The zero-order valence-electron chi connectivity index (χ0n) is 13.0. The van der Waals surface area contributed by atoms with E-state index >= 15 is 0 Å². The monoisotopic (exact) mass is 349 g/mol. The maximum atomic E-state index is 13.2. The van der Waals surface area contributed by atoms with Gasteiger partial charge in [-0.1, -0.05) is 6.92 Å². The number of anilines is 1. The van der Waals surface area contributed by atoms with Gasteiger partial charge in [0.1, 0.15) is 5.56 Å². The second-order valence-electron chi connectivity index (χ2n) is 5.52. The molecule has 10 heteroatoms. The van der Waals surface area contributed by atoms with Crippen molar-refractivity contribution < 1.29 is 27.8 Å². The summed E-state index contributed by atoms with van der Waals surface area (Å²) in [6.45, 7) is 1.93. The van der Waals surface area contributed by atoms with E-state index < -0.39 is 35.4 Å². The molecule has 1 aromatic rings. The molecule has 1 saturated heterocycles. The van der Waals surface area contributed by atoms with Crippen molar-refractivity contribution in [2.75, 3.05) is 18.1 Å². The van der Waals surface area contributed by atoms with Gasteiger partial charge >= 0.3 is 12.1 Å². The number of aliphatic carboxylic acids is 1. The van der Waals surface area contributed by atoms with Crippen molar-refractivity contribution in [2.45, 2.75) is 44.5 Å². The van der Waals surface area contributed by atoms with Gasteiger partial charge in [0.2, 0.25) is 0 Å². The number of carboxylic acids is 1. The largest absolute Gasteiger partial charge is 0.479 e. The molecule has 2 unspecified atom stereocenters. The molecule has 1 aromatic heterocycles. The van der Waals surface area contributed by atoms with Crippen LogP contribution in [0.1, 0.15) is 31.7 Å². The Balaban J connectivity index is 2.24. The number of ether oxygens (including phenoxy) is 1. The summed E-state index contributed by atoms with van der Waals surface area (Å²) in [4.78, 5) is 24.0. The van der Waals surface area contributed by atoms with Gasteiger partial charge in [-0.15, -0.1) is 0 Å². The maximum absolute atomic E-state index is 13.2. The number of hydrogen-bond donors (Lipinski definition) is 2. The van der Waals surface area contributed by atoms with Gasteiger partial charge in [-0.05, 0) is 19.3 Å². The zero-order valence-corrected chi connectivity index (χ0v) is 13.0. The van der Waals surface area contributed by atoms with Crippen molar-refractivity contribution in [3.05, 3.63) is 22.1 Å². The number of nitrogens with zero attached hydrogens (tertiary/aromatic N) is 2. The summed E-state index contributed by atoms with van der Waals surface area (Å²) in [6.07, 6.45) is -3.44. The van der Waals surface area contributed by atoms with Crippen molar-refractivity contribution >= 4 is 11.7 Å². The van der Waals surface area contributed by atoms with Gasteiger partial charge in [-0.25, -0.2) is 9.89 Å². The average molecular weight is 349 g/mol. The Morgan fingerprint density at radius 3 is 2.88 bits per heavy atom. The Kier molecular flexibility index (Phi) is 5.47. The number of aromatic nitrogens is 2. The first-order chi connectivity index (χ1) is 11.3. The van der Waals surface area contributed by atoms with Gasteiger partial charge in [0.15, 0.2) is 6.10 Å². The molecular formula is C14H18F3N3O4. The third-order valence-corrected chi connectivity index (χ3v) is 3.94. The standard InChI is InChI=1S/C14H18F3N3O4/c1-2-10(13(22)23)24-7-8-4-3-5-20(8)9-6-18-19-12(21)11(9)14(15,16)17/h6,8,10H,2-5,7H2,1H3,(H,19,21)(H,22,23). The van der Waals surface area contributed by atoms with Crippen LogP contribution in [0.3, 0.4) is 0 Å². The highest BCUT2D eigenvalue weighted by Gasteiger charge is 2.40. The molecule has 2 N–H and O–H groups in total. The fraction of sp³-hybridized carbons (Fsp3) is 0.643. The summed E-state index contributed by atoms with van der Waals surface area (Å²) in [5.41, 5.74) is -2.90. The van der Waals surface area contributed by atoms with Crippen molar-refractivity contribution in [2.24, 2.45) is 0 Å². The Morgan fingerprint density at radius 1 is 1.58 bits per heavy atom. The van der Waals surface area contributed by atoms with Crippen LogP contribution in [0.25, 0.3) is 0 Å². The lowest BCUT2D eigenvalue weighted by Gasteiger charge is -2.29. The first-order valence-corrected chi connectivity index (χ1v) is 7.51. The van der Waals surface area contributed by atoms with Crippen LogP contribution in [0.4, 0.5) is 18.9 Å². The molecule has 0 spiro atoms. The molecule has 1 fully saturated rings. The smallest absolute Gasteiger partial charge is 0.423 e. The van der Waals surface area contributed by atoms with E-state index in [2.05, 4.69) is 5.10 Å². The first kappa shape index (κ1) is 18.2. The van der Waals surface area contributed by atoms with Crippen molar-refractivity contribution in [3.8, 4) is 0 Å². The Bertz CT molecular complexity index is 647. The number of carbonyl (C=O) groups is 1. The van der Waals surface area contributed by atoms with E-state index in [9.17, 15) is 22.8 Å². The van der Waals surface area contributed by atoms with Gasteiger partial charge < -0.3 is 14.7 Å². The van der Waals surface area contributed by atoms with Gasteiger partial charge in [0, 0.05) is 6.54 Å². The van der Waals surface area contributed by atoms with Crippen LogP contribution in [0.15, 0.2) is 11.0 Å². The molecule has 0 aromatic carbocycles. The average Bonchev–Trinajstić information content (AvgIpc) is 2.94. The van der Waals surface area contributed by atoms with Gasteiger partial charge in [0.05, 0.1) is 24.5 Å². The van der Waals surface area contributed by atoms with E-state index in [1.54, 1.807) is 12.0 Å². The number of alkyl halides is 3. The highest BCUT2D eigenvalue weighted by atomic mass is 19.4. The summed E-state index contributed by atoms with van der Waals surface area (Å²) in [5.74, 6) is -1.11. The molecule has 0 bridgehead atoms. The highest BCUT2D eigenvalue weighted by molar-refractivity contribution is 5.72. The number of hydrogen-bond acceptors (Lipinski definition) is 5. The second-order valence-corrected chi connectivity index (χ2v) is 5.52. The molecule has 0 saturated carbocycles. The normalized spacial score (nSPS) is 19.5. The molecule has 2 heterocycles. The predicted octanol–water partition coefficient (Wildman–Crippen LogP) is 1.64. The molecule has 7 nitrogen and oxygen atoms in total. The third kappa shape index (κ3) is 3.86. The number of aromatic amines is 1. The molecular weight excluding hydrogens is 331 g/mol. The second kappa shape index (κ2) is 7.20. The van der Waals surface area contributed by atoms with E-state index in [-0.39, 0.29) is 18.7 Å². The highest BCUT2D eigenvalue weighted by Crippen LogP contribution is 2.36. The molecule has 24 heavy (non-hydrogen) atoms. The van der Waals surface area contributed by atoms with Crippen LogP contribution in [-0.4, -0.2) is 46.6 Å². The van der Waals surface area contributed by atoms with Crippen molar-refractivity contribution in [1.82, 2.24) is 10.2 Å². The summed E-state index contributed by atoms with van der Waals surface area (Å²) < 4.78 is 44.9. The fourth-order valence-electron chi connectivity index (χ4n) is 2.80. The van der Waals surface area contributed by atoms with Crippen LogP contribution in [-0.2, 0) is 15.7 Å². The lowest BCUT2D eigenvalue weighted by molar-refractivity contribution is -0.150. The first-order valence-electron chi connectivity index (χ1n) is 7.51. The predicted molar refractivity (Wildman–Crippen MR) is 77.9 cm³/mol. The van der Waals surface area contributed by atoms with Crippen LogP contribution < -0.4 is 10.5 Å². The summed E-state index contributed by atoms with van der Waals surface area (Å²) in [7, 11) is 0. The SMILES string of the molecule is CCC(OCC1CCCN1c1cn[nH]c(=O)c1C(F)(F)F)C(=O)O. The summed E-state index contributed by atoms with van der Waals surface area (Å²) >= 11 is 0. The third-order valence-electron chi connectivity index (χ3n) is 3.94. The Hall–Kier alpha value is -2.10.